The topological polar surface area (TPSA) is 78.1 Å². The lowest BCUT2D eigenvalue weighted by molar-refractivity contribution is -0.149. The van der Waals surface area contributed by atoms with Gasteiger partial charge in [0.05, 0.1) is 11.4 Å². The number of nitrogen functional groups attached to an aromatic ring is 2. The summed E-state index contributed by atoms with van der Waals surface area (Å²) in [4.78, 5) is 0. The van der Waals surface area contributed by atoms with Gasteiger partial charge in [-0.1, -0.05) is 12.1 Å². The van der Waals surface area contributed by atoms with Gasteiger partial charge in [-0.25, -0.2) is 0 Å². The first-order valence-corrected chi connectivity index (χ1v) is 3.80. The van der Waals surface area contributed by atoms with E-state index in [-0.39, 0.29) is 16.9 Å². The molecule has 0 radical (unpaired) electrons. The van der Waals surface area contributed by atoms with Gasteiger partial charge < -0.3 is 17.2 Å². The Morgan fingerprint density at radius 3 is 2.21 bits per heavy atom. The van der Waals surface area contributed by atoms with E-state index in [9.17, 15) is 13.2 Å². The average Bonchev–Trinajstić information content (AvgIpc) is 2.07. The number of benzene rings is 1. The highest BCUT2D eigenvalue weighted by Gasteiger charge is 2.38. The molecule has 6 N–H and O–H groups in total. The molecular formula is C8H10F3N3. The van der Waals surface area contributed by atoms with Crippen LogP contribution in [0, 0.1) is 0 Å². The molecule has 3 nitrogen and oxygen atoms in total. The van der Waals surface area contributed by atoms with Gasteiger partial charge in [-0.2, -0.15) is 13.2 Å². The number of hydrogen-bond donors (Lipinski definition) is 3. The van der Waals surface area contributed by atoms with Crippen LogP contribution in [0.3, 0.4) is 0 Å². The summed E-state index contributed by atoms with van der Waals surface area (Å²) in [6.07, 6.45) is -4.51. The molecule has 0 aromatic heterocycles. The van der Waals surface area contributed by atoms with Crippen LogP contribution >= 0.6 is 0 Å². The Bertz CT molecular complexity index is 335. The first-order chi connectivity index (χ1) is 6.34. The van der Waals surface area contributed by atoms with Crippen LogP contribution in [0.4, 0.5) is 24.5 Å². The number of para-hydroxylation sites is 1. The molecule has 1 aromatic rings. The van der Waals surface area contributed by atoms with E-state index in [1.54, 1.807) is 0 Å². The van der Waals surface area contributed by atoms with E-state index in [1.807, 2.05) is 0 Å². The van der Waals surface area contributed by atoms with Crippen LogP contribution in [-0.2, 0) is 0 Å². The Balaban J connectivity index is 3.14. The molecule has 78 valence electrons. The first-order valence-electron chi connectivity index (χ1n) is 3.80. The van der Waals surface area contributed by atoms with Gasteiger partial charge in [0.1, 0.15) is 6.04 Å². The largest absolute Gasteiger partial charge is 0.407 e. The van der Waals surface area contributed by atoms with E-state index < -0.39 is 12.2 Å². The molecule has 1 aromatic carbocycles. The van der Waals surface area contributed by atoms with Crippen molar-refractivity contribution in [2.75, 3.05) is 11.5 Å². The third-order valence-electron chi connectivity index (χ3n) is 1.86. The Labute approximate surface area is 78.7 Å². The second-order valence-corrected chi connectivity index (χ2v) is 2.87. The predicted molar refractivity (Wildman–Crippen MR) is 48.3 cm³/mol. The predicted octanol–water partition coefficient (Wildman–Crippen LogP) is 1.41. The van der Waals surface area contributed by atoms with Gasteiger partial charge in [-0.05, 0) is 6.07 Å². The minimum Gasteiger partial charge on any atom is -0.397 e. The summed E-state index contributed by atoms with van der Waals surface area (Å²) in [5.74, 6) is 0. The summed E-state index contributed by atoms with van der Waals surface area (Å²) >= 11 is 0. The molecule has 0 unspecified atom stereocenters. The molecule has 0 fully saturated rings. The van der Waals surface area contributed by atoms with Gasteiger partial charge in [-0.3, -0.25) is 0 Å². The molecule has 0 aliphatic carbocycles. The van der Waals surface area contributed by atoms with Gasteiger partial charge >= 0.3 is 6.18 Å². The molecule has 0 bridgehead atoms. The Morgan fingerprint density at radius 1 is 1.14 bits per heavy atom. The molecule has 6 heteroatoms. The molecule has 0 saturated heterocycles. The van der Waals surface area contributed by atoms with Crippen LogP contribution < -0.4 is 17.2 Å². The van der Waals surface area contributed by atoms with Gasteiger partial charge in [0, 0.05) is 5.56 Å². The van der Waals surface area contributed by atoms with Crippen molar-refractivity contribution in [2.24, 2.45) is 5.73 Å². The standard InChI is InChI=1S/C8H10F3N3/c9-8(10,11)7(14)4-2-1-3-5(12)6(4)13/h1-3,7H,12-14H2/t7-/m0/s1. The second-order valence-electron chi connectivity index (χ2n) is 2.87. The average molecular weight is 205 g/mol. The van der Waals surface area contributed by atoms with Crippen molar-refractivity contribution < 1.29 is 13.2 Å². The van der Waals surface area contributed by atoms with Crippen LogP contribution in [0.5, 0.6) is 0 Å². The minimum atomic E-state index is -4.51. The maximum absolute atomic E-state index is 12.2. The van der Waals surface area contributed by atoms with E-state index in [0.29, 0.717) is 0 Å². The van der Waals surface area contributed by atoms with Crippen LogP contribution in [0.15, 0.2) is 18.2 Å². The maximum atomic E-state index is 12.2. The quantitative estimate of drug-likeness (QED) is 0.606. The molecule has 0 aliphatic rings. The van der Waals surface area contributed by atoms with E-state index in [1.165, 1.54) is 18.2 Å². The fraction of sp³-hybridized carbons (Fsp3) is 0.250. The van der Waals surface area contributed by atoms with Crippen molar-refractivity contribution in [1.29, 1.82) is 0 Å². The molecule has 14 heavy (non-hydrogen) atoms. The molecule has 0 aliphatic heterocycles. The van der Waals surface area contributed by atoms with Crippen molar-refractivity contribution in [2.45, 2.75) is 12.2 Å². The van der Waals surface area contributed by atoms with E-state index >= 15 is 0 Å². The fourth-order valence-electron chi connectivity index (χ4n) is 1.05. The van der Waals surface area contributed by atoms with E-state index in [0.717, 1.165) is 0 Å². The number of hydrogen-bond acceptors (Lipinski definition) is 3. The van der Waals surface area contributed by atoms with E-state index in [2.05, 4.69) is 0 Å². The van der Waals surface area contributed by atoms with Crippen molar-refractivity contribution in [3.05, 3.63) is 23.8 Å². The van der Waals surface area contributed by atoms with Gasteiger partial charge in [0.25, 0.3) is 0 Å². The van der Waals surface area contributed by atoms with Crippen molar-refractivity contribution in [3.8, 4) is 0 Å². The third kappa shape index (κ3) is 1.90. The van der Waals surface area contributed by atoms with Crippen LogP contribution in [0.1, 0.15) is 11.6 Å². The molecule has 0 amide bonds. The molecule has 0 heterocycles. The second kappa shape index (κ2) is 3.38. The SMILES string of the molecule is Nc1cccc([C@H](N)C(F)(F)F)c1N. The smallest absolute Gasteiger partial charge is 0.397 e. The van der Waals surface area contributed by atoms with Crippen LogP contribution in [0.25, 0.3) is 0 Å². The Kier molecular flexibility index (Phi) is 2.57. The zero-order chi connectivity index (χ0) is 10.9. The van der Waals surface area contributed by atoms with E-state index in [4.69, 9.17) is 17.2 Å². The lowest BCUT2D eigenvalue weighted by atomic mass is 10.0. The van der Waals surface area contributed by atoms with Gasteiger partial charge in [-0.15, -0.1) is 0 Å². The van der Waals surface area contributed by atoms with Crippen molar-refractivity contribution in [3.63, 3.8) is 0 Å². The number of rotatable bonds is 1. The van der Waals surface area contributed by atoms with Crippen molar-refractivity contribution in [1.82, 2.24) is 0 Å². The van der Waals surface area contributed by atoms with Crippen LogP contribution in [0.2, 0.25) is 0 Å². The highest BCUT2D eigenvalue weighted by Crippen LogP contribution is 2.34. The number of anilines is 2. The summed E-state index contributed by atoms with van der Waals surface area (Å²) in [5.41, 5.74) is 15.5. The molecule has 1 atom stereocenters. The highest BCUT2D eigenvalue weighted by atomic mass is 19.4. The number of alkyl halides is 3. The molecule has 1 rings (SSSR count). The molecule has 0 spiro atoms. The normalized spacial score (nSPS) is 14.0. The molecule has 0 saturated carbocycles. The maximum Gasteiger partial charge on any atom is 0.407 e. The van der Waals surface area contributed by atoms with Gasteiger partial charge in [0.2, 0.25) is 0 Å². The van der Waals surface area contributed by atoms with Gasteiger partial charge in [0.15, 0.2) is 0 Å². The van der Waals surface area contributed by atoms with Crippen LogP contribution in [-0.4, -0.2) is 6.18 Å². The summed E-state index contributed by atoms with van der Waals surface area (Å²) in [6, 6.07) is 1.92. The summed E-state index contributed by atoms with van der Waals surface area (Å²) in [5, 5.41) is 0. The lowest BCUT2D eigenvalue weighted by Gasteiger charge is -2.18. The highest BCUT2D eigenvalue weighted by molar-refractivity contribution is 5.68. The summed E-state index contributed by atoms with van der Waals surface area (Å²) in [6.45, 7) is 0. The number of halogens is 3. The third-order valence-corrected chi connectivity index (χ3v) is 1.86. The van der Waals surface area contributed by atoms with Crippen molar-refractivity contribution >= 4 is 11.4 Å². The Morgan fingerprint density at radius 2 is 1.71 bits per heavy atom. The summed E-state index contributed by atoms with van der Waals surface area (Å²) in [7, 11) is 0. The zero-order valence-corrected chi connectivity index (χ0v) is 7.18. The summed E-state index contributed by atoms with van der Waals surface area (Å²) < 4.78 is 36.7. The lowest BCUT2D eigenvalue weighted by Crippen LogP contribution is -2.29. The monoisotopic (exact) mass is 205 g/mol. The minimum absolute atomic E-state index is 0.0993. The fourth-order valence-corrected chi connectivity index (χ4v) is 1.05. The number of nitrogens with two attached hydrogens (primary N) is 3. The first kappa shape index (κ1) is 10.6. The zero-order valence-electron chi connectivity index (χ0n) is 7.18. The molecular weight excluding hydrogens is 195 g/mol. The Hall–Kier alpha value is -1.43.